The molecule has 120 valence electrons. The van der Waals surface area contributed by atoms with Crippen molar-refractivity contribution in [1.29, 1.82) is 0 Å². The third-order valence-electron chi connectivity index (χ3n) is 4.59. The molecule has 0 unspecified atom stereocenters. The quantitative estimate of drug-likeness (QED) is 0.711. The van der Waals surface area contributed by atoms with E-state index in [0.717, 1.165) is 37.3 Å². The van der Waals surface area contributed by atoms with Crippen LogP contribution in [0.5, 0.6) is 0 Å². The van der Waals surface area contributed by atoms with Crippen LogP contribution in [0, 0.1) is 20.8 Å². The minimum Gasteiger partial charge on any atom is -0.330 e. The van der Waals surface area contributed by atoms with E-state index in [1.165, 1.54) is 27.8 Å². The molecule has 0 saturated heterocycles. The second kappa shape index (κ2) is 6.55. The topological polar surface area (TPSA) is 43.8 Å². The van der Waals surface area contributed by atoms with Gasteiger partial charge in [0.1, 0.15) is 5.82 Å². The van der Waals surface area contributed by atoms with Crippen molar-refractivity contribution in [3.05, 3.63) is 53.1 Å². The van der Waals surface area contributed by atoms with E-state index < -0.39 is 0 Å². The summed E-state index contributed by atoms with van der Waals surface area (Å²) in [7, 11) is 0. The molecule has 3 heteroatoms. The first-order chi connectivity index (χ1) is 11.1. The van der Waals surface area contributed by atoms with Crippen molar-refractivity contribution in [1.82, 2.24) is 9.55 Å². The first kappa shape index (κ1) is 15.8. The molecular formula is C20H25N3. The Labute approximate surface area is 138 Å². The minimum absolute atomic E-state index is 0.741. The molecule has 3 aromatic rings. The van der Waals surface area contributed by atoms with Crippen molar-refractivity contribution in [3.63, 3.8) is 0 Å². The fourth-order valence-corrected chi connectivity index (χ4v) is 3.05. The van der Waals surface area contributed by atoms with Gasteiger partial charge in [0.2, 0.25) is 0 Å². The van der Waals surface area contributed by atoms with Gasteiger partial charge in [-0.2, -0.15) is 0 Å². The van der Waals surface area contributed by atoms with E-state index in [-0.39, 0.29) is 0 Å². The van der Waals surface area contributed by atoms with E-state index in [9.17, 15) is 0 Å². The molecule has 1 heterocycles. The van der Waals surface area contributed by atoms with E-state index in [2.05, 4.69) is 61.7 Å². The highest BCUT2D eigenvalue weighted by Crippen LogP contribution is 2.29. The highest BCUT2D eigenvalue weighted by Gasteiger charge is 2.14. The molecule has 0 aliphatic heterocycles. The summed E-state index contributed by atoms with van der Waals surface area (Å²) in [5.74, 6) is 1.07. The lowest BCUT2D eigenvalue weighted by Gasteiger charge is -2.11. The number of benzene rings is 2. The molecule has 0 aliphatic rings. The van der Waals surface area contributed by atoms with Crippen molar-refractivity contribution in [2.45, 2.75) is 40.2 Å². The molecule has 0 atom stereocenters. The van der Waals surface area contributed by atoms with Gasteiger partial charge in [-0.1, -0.05) is 24.3 Å². The summed E-state index contributed by atoms with van der Waals surface area (Å²) < 4.78 is 2.36. The zero-order valence-electron chi connectivity index (χ0n) is 14.3. The van der Waals surface area contributed by atoms with Crippen LogP contribution in [0.25, 0.3) is 22.4 Å². The zero-order chi connectivity index (χ0) is 16.4. The Morgan fingerprint density at radius 2 is 1.70 bits per heavy atom. The molecule has 0 amide bonds. The smallest absolute Gasteiger partial charge is 0.141 e. The van der Waals surface area contributed by atoms with Crippen LogP contribution in [0.2, 0.25) is 0 Å². The van der Waals surface area contributed by atoms with Gasteiger partial charge in [-0.3, -0.25) is 0 Å². The molecule has 1 aromatic heterocycles. The lowest BCUT2D eigenvalue weighted by Crippen LogP contribution is -2.05. The third-order valence-corrected chi connectivity index (χ3v) is 4.59. The van der Waals surface area contributed by atoms with E-state index in [1.807, 2.05) is 0 Å². The lowest BCUT2D eigenvalue weighted by atomic mass is 10.1. The highest BCUT2D eigenvalue weighted by molar-refractivity contribution is 5.82. The van der Waals surface area contributed by atoms with Gasteiger partial charge in [0.25, 0.3) is 0 Å². The number of imidazole rings is 1. The molecule has 0 radical (unpaired) electrons. The van der Waals surface area contributed by atoms with E-state index in [0.29, 0.717) is 0 Å². The molecule has 0 spiro atoms. The van der Waals surface area contributed by atoms with E-state index in [4.69, 9.17) is 10.7 Å². The maximum absolute atomic E-state index is 5.67. The third kappa shape index (κ3) is 3.02. The van der Waals surface area contributed by atoms with Crippen molar-refractivity contribution in [2.75, 3.05) is 6.54 Å². The second-order valence-electron chi connectivity index (χ2n) is 6.32. The van der Waals surface area contributed by atoms with Crippen LogP contribution in [-0.2, 0) is 6.54 Å². The number of nitrogens with zero attached hydrogens (tertiary/aromatic N) is 2. The summed E-state index contributed by atoms with van der Waals surface area (Å²) >= 11 is 0. The molecule has 3 nitrogen and oxygen atoms in total. The molecule has 3 rings (SSSR count). The summed E-state index contributed by atoms with van der Waals surface area (Å²) in [4.78, 5) is 4.96. The van der Waals surface area contributed by atoms with Crippen molar-refractivity contribution in [3.8, 4) is 11.4 Å². The van der Waals surface area contributed by atoms with Crippen LogP contribution in [0.4, 0.5) is 0 Å². The van der Waals surface area contributed by atoms with Crippen LogP contribution in [0.1, 0.15) is 29.5 Å². The van der Waals surface area contributed by atoms with Crippen LogP contribution in [0.3, 0.4) is 0 Å². The Morgan fingerprint density at radius 3 is 2.43 bits per heavy atom. The van der Waals surface area contributed by atoms with Gasteiger partial charge in [0.05, 0.1) is 11.0 Å². The van der Waals surface area contributed by atoms with Crippen LogP contribution in [0.15, 0.2) is 36.4 Å². The van der Waals surface area contributed by atoms with E-state index >= 15 is 0 Å². The molecule has 0 saturated carbocycles. The maximum Gasteiger partial charge on any atom is 0.141 e. The SMILES string of the molecule is Cc1cc2nc(-c3ccccc3C)n(CCCCN)c2cc1C. The number of aromatic nitrogens is 2. The average Bonchev–Trinajstić information content (AvgIpc) is 2.86. The fraction of sp³-hybridized carbons (Fsp3) is 0.350. The fourth-order valence-electron chi connectivity index (χ4n) is 3.05. The Balaban J connectivity index is 2.19. The van der Waals surface area contributed by atoms with Crippen LogP contribution in [-0.4, -0.2) is 16.1 Å². The van der Waals surface area contributed by atoms with Gasteiger partial charge in [0.15, 0.2) is 0 Å². The highest BCUT2D eigenvalue weighted by atomic mass is 15.1. The molecule has 2 aromatic carbocycles. The number of hydrogen-bond acceptors (Lipinski definition) is 2. The molecule has 0 aliphatic carbocycles. The average molecular weight is 307 g/mol. The van der Waals surface area contributed by atoms with Crippen molar-refractivity contribution in [2.24, 2.45) is 5.73 Å². The Hall–Kier alpha value is -2.13. The summed E-state index contributed by atoms with van der Waals surface area (Å²) in [6.07, 6.45) is 2.12. The predicted molar refractivity (Wildman–Crippen MR) is 97.7 cm³/mol. The monoisotopic (exact) mass is 307 g/mol. The number of hydrogen-bond donors (Lipinski definition) is 1. The molecular weight excluding hydrogens is 282 g/mol. The molecule has 23 heavy (non-hydrogen) atoms. The Bertz CT molecular complexity index is 830. The Morgan fingerprint density at radius 1 is 0.957 bits per heavy atom. The maximum atomic E-state index is 5.67. The van der Waals surface area contributed by atoms with Crippen LogP contribution >= 0.6 is 0 Å². The standard InChI is InChI=1S/C20H25N3/c1-14-8-4-5-9-17(14)20-22-18-12-15(2)16(3)13-19(18)23(20)11-7-6-10-21/h4-5,8-9,12-13H,6-7,10-11,21H2,1-3H3. The number of rotatable bonds is 5. The number of aryl methyl sites for hydroxylation is 4. The first-order valence-electron chi connectivity index (χ1n) is 8.35. The lowest BCUT2D eigenvalue weighted by molar-refractivity contribution is 0.631. The summed E-state index contributed by atoms with van der Waals surface area (Å²) in [5.41, 5.74) is 13.1. The summed E-state index contributed by atoms with van der Waals surface area (Å²) in [6.45, 7) is 8.16. The van der Waals surface area contributed by atoms with E-state index in [1.54, 1.807) is 0 Å². The van der Waals surface area contributed by atoms with Crippen molar-refractivity contribution < 1.29 is 0 Å². The first-order valence-corrected chi connectivity index (χ1v) is 8.35. The Kier molecular flexibility index (Phi) is 4.49. The normalized spacial score (nSPS) is 11.3. The molecule has 2 N–H and O–H groups in total. The second-order valence-corrected chi connectivity index (χ2v) is 6.32. The zero-order valence-corrected chi connectivity index (χ0v) is 14.3. The van der Waals surface area contributed by atoms with Gasteiger partial charge < -0.3 is 10.3 Å². The summed E-state index contributed by atoms with van der Waals surface area (Å²) in [6, 6.07) is 12.9. The largest absolute Gasteiger partial charge is 0.330 e. The summed E-state index contributed by atoms with van der Waals surface area (Å²) in [5, 5.41) is 0. The minimum atomic E-state index is 0.741. The van der Waals surface area contributed by atoms with Crippen molar-refractivity contribution >= 4 is 11.0 Å². The number of unbranched alkanes of at least 4 members (excludes halogenated alkanes) is 1. The number of fused-ring (bicyclic) bond motifs is 1. The molecule has 0 bridgehead atoms. The molecule has 0 fully saturated rings. The van der Waals surface area contributed by atoms with Gasteiger partial charge in [-0.15, -0.1) is 0 Å². The van der Waals surface area contributed by atoms with Gasteiger partial charge in [-0.05, 0) is 69.0 Å². The van der Waals surface area contributed by atoms with Gasteiger partial charge >= 0.3 is 0 Å². The van der Waals surface area contributed by atoms with Gasteiger partial charge in [0, 0.05) is 12.1 Å². The predicted octanol–water partition coefficient (Wildman–Crippen LogP) is 4.37. The van der Waals surface area contributed by atoms with Gasteiger partial charge in [-0.25, -0.2) is 4.98 Å². The van der Waals surface area contributed by atoms with Crippen LogP contribution < -0.4 is 5.73 Å². The number of nitrogens with two attached hydrogens (primary N) is 1.